The molecule has 0 aliphatic heterocycles. The van der Waals surface area contributed by atoms with Gasteiger partial charge in [0, 0.05) is 22.1 Å². The fourth-order valence-electron chi connectivity index (χ4n) is 3.64. The van der Waals surface area contributed by atoms with Crippen LogP contribution < -0.4 is 5.48 Å². The molecule has 0 spiro atoms. The zero-order valence-corrected chi connectivity index (χ0v) is 18.3. The summed E-state index contributed by atoms with van der Waals surface area (Å²) in [7, 11) is 1.52. The first-order valence-electron chi connectivity index (χ1n) is 9.77. The summed E-state index contributed by atoms with van der Waals surface area (Å²) < 4.78 is 0. The number of benzene rings is 3. The van der Waals surface area contributed by atoms with Crippen LogP contribution in [-0.2, 0) is 4.84 Å². The number of hydrogen-bond donors (Lipinski definition) is 2. The van der Waals surface area contributed by atoms with Gasteiger partial charge in [0.1, 0.15) is 5.01 Å². The number of anilines is 1. The van der Waals surface area contributed by atoms with Gasteiger partial charge in [-0.25, -0.2) is 9.78 Å². The first kappa shape index (κ1) is 20.8. The van der Waals surface area contributed by atoms with Crippen molar-refractivity contribution in [1.29, 1.82) is 0 Å². The topological polar surface area (TPSA) is 71.5 Å². The summed E-state index contributed by atoms with van der Waals surface area (Å²) in [6, 6.07) is 19.2. The maximum Gasteiger partial charge on any atom is 0.336 e. The molecule has 0 saturated carbocycles. The molecule has 0 bridgehead atoms. The Morgan fingerprint density at radius 2 is 1.77 bits per heavy atom. The highest BCUT2D eigenvalue weighted by Crippen LogP contribution is 2.36. The van der Waals surface area contributed by atoms with Gasteiger partial charge in [-0.2, -0.15) is 0 Å². The summed E-state index contributed by atoms with van der Waals surface area (Å²) in [4.78, 5) is 21.9. The summed E-state index contributed by atoms with van der Waals surface area (Å²) in [6.07, 6.45) is 0. The second-order valence-corrected chi connectivity index (χ2v) is 8.13. The van der Waals surface area contributed by atoms with Crippen LogP contribution in [-0.4, -0.2) is 23.2 Å². The molecule has 0 saturated heterocycles. The lowest BCUT2D eigenvalue weighted by Gasteiger charge is -2.13. The van der Waals surface area contributed by atoms with Crippen molar-refractivity contribution in [2.45, 2.75) is 13.8 Å². The average Bonchev–Trinajstić information content (AvgIpc) is 3.24. The van der Waals surface area contributed by atoms with Crippen molar-refractivity contribution in [2.75, 3.05) is 12.6 Å². The van der Waals surface area contributed by atoms with E-state index in [9.17, 15) is 9.90 Å². The number of para-hydroxylation sites is 1. The molecule has 0 unspecified atom stereocenters. The van der Waals surface area contributed by atoms with Gasteiger partial charge in [0.25, 0.3) is 0 Å². The fourth-order valence-corrected chi connectivity index (χ4v) is 4.45. The van der Waals surface area contributed by atoms with Gasteiger partial charge < -0.3 is 5.11 Å². The second kappa shape index (κ2) is 8.71. The van der Waals surface area contributed by atoms with E-state index in [2.05, 4.69) is 37.5 Å². The van der Waals surface area contributed by atoms with Crippen LogP contribution >= 0.6 is 11.3 Å². The van der Waals surface area contributed by atoms with Crippen molar-refractivity contribution < 1.29 is 14.7 Å². The zero-order chi connectivity index (χ0) is 22.0. The Morgan fingerprint density at radius 3 is 2.52 bits per heavy atom. The van der Waals surface area contributed by atoms with Gasteiger partial charge in [-0.1, -0.05) is 54.1 Å². The second-order valence-electron chi connectivity index (χ2n) is 7.27. The van der Waals surface area contributed by atoms with Crippen molar-refractivity contribution in [2.24, 2.45) is 0 Å². The van der Waals surface area contributed by atoms with Crippen molar-refractivity contribution in [3.05, 3.63) is 82.7 Å². The van der Waals surface area contributed by atoms with Crippen LogP contribution in [0.1, 0.15) is 21.5 Å². The minimum Gasteiger partial charge on any atom is -0.478 e. The number of carboxylic acids is 1. The van der Waals surface area contributed by atoms with Crippen LogP contribution in [0.4, 0.5) is 5.69 Å². The number of thiazole rings is 1. The number of aryl methyl sites for hydroxylation is 2. The molecule has 1 heterocycles. The molecule has 6 heteroatoms. The maximum absolute atomic E-state index is 12.1. The Balaban J connectivity index is 1.76. The quantitative estimate of drug-likeness (QED) is 0.345. The Bertz CT molecular complexity index is 1260. The van der Waals surface area contributed by atoms with E-state index >= 15 is 0 Å². The normalized spacial score (nSPS) is 10.8. The van der Waals surface area contributed by atoms with Crippen LogP contribution in [0.3, 0.4) is 0 Å². The largest absolute Gasteiger partial charge is 0.478 e. The van der Waals surface area contributed by atoms with Gasteiger partial charge in [0.2, 0.25) is 0 Å². The van der Waals surface area contributed by atoms with E-state index in [1.807, 2.05) is 41.8 Å². The molecule has 3 aromatic carbocycles. The summed E-state index contributed by atoms with van der Waals surface area (Å²) in [5.74, 6) is -0.991. The lowest BCUT2D eigenvalue weighted by atomic mass is 9.96. The Morgan fingerprint density at radius 1 is 1.00 bits per heavy atom. The number of nitrogens with zero attached hydrogens (tertiary/aromatic N) is 1. The number of nitrogens with one attached hydrogen (secondary N) is 1. The molecular weight excluding hydrogens is 408 g/mol. The third kappa shape index (κ3) is 4.21. The van der Waals surface area contributed by atoms with Crippen molar-refractivity contribution in [1.82, 2.24) is 4.98 Å². The summed E-state index contributed by atoms with van der Waals surface area (Å²) >= 11 is 1.51. The fraction of sp³-hybridized carbons (Fsp3) is 0.120. The highest BCUT2D eigenvalue weighted by atomic mass is 32.1. The van der Waals surface area contributed by atoms with Crippen molar-refractivity contribution in [3.63, 3.8) is 0 Å². The van der Waals surface area contributed by atoms with Crippen molar-refractivity contribution in [3.8, 4) is 33.0 Å². The molecule has 156 valence electrons. The van der Waals surface area contributed by atoms with Gasteiger partial charge in [-0.15, -0.1) is 11.3 Å². The van der Waals surface area contributed by atoms with Crippen LogP contribution in [0.25, 0.3) is 33.0 Å². The summed E-state index contributed by atoms with van der Waals surface area (Å²) in [5.41, 5.74) is 10.2. The molecule has 0 radical (unpaired) electrons. The van der Waals surface area contributed by atoms with E-state index in [0.29, 0.717) is 11.3 Å². The monoisotopic (exact) mass is 430 g/mol. The number of aromatic carboxylic acids is 1. The molecule has 4 aromatic rings. The molecule has 5 nitrogen and oxygen atoms in total. The van der Waals surface area contributed by atoms with Gasteiger partial charge in [-0.05, 0) is 37.1 Å². The number of rotatable bonds is 6. The van der Waals surface area contributed by atoms with E-state index in [-0.39, 0.29) is 5.56 Å². The molecule has 31 heavy (non-hydrogen) atoms. The Hall–Kier alpha value is -3.48. The molecule has 0 atom stereocenters. The highest BCUT2D eigenvalue weighted by Gasteiger charge is 2.17. The predicted molar refractivity (Wildman–Crippen MR) is 125 cm³/mol. The third-order valence-corrected chi connectivity index (χ3v) is 5.98. The zero-order valence-electron chi connectivity index (χ0n) is 17.5. The smallest absolute Gasteiger partial charge is 0.336 e. The number of carboxylic acid groups (broad SMARTS) is 1. The first-order valence-corrected chi connectivity index (χ1v) is 10.6. The predicted octanol–water partition coefficient (Wildman–Crippen LogP) is 6.43. The van der Waals surface area contributed by atoms with Crippen LogP contribution in [0.5, 0.6) is 0 Å². The molecule has 0 aliphatic carbocycles. The number of carbonyl (C=O) groups is 1. The molecule has 4 rings (SSSR count). The van der Waals surface area contributed by atoms with E-state index in [0.717, 1.165) is 27.4 Å². The Kier molecular flexibility index (Phi) is 5.84. The van der Waals surface area contributed by atoms with Gasteiger partial charge in [0.05, 0.1) is 24.1 Å². The average molecular weight is 431 g/mol. The highest BCUT2D eigenvalue weighted by molar-refractivity contribution is 7.13. The maximum atomic E-state index is 12.1. The van der Waals surface area contributed by atoms with Gasteiger partial charge >= 0.3 is 5.97 Å². The molecule has 0 amide bonds. The lowest BCUT2D eigenvalue weighted by molar-refractivity contribution is 0.0698. The molecule has 0 fully saturated rings. The standard InChI is InChI=1S/C25H22N2O3S/c1-15-8-10-18(16(2)12-15)23-14-31-24(26-23)17-9-11-19(21(13-17)25(28)29)20-6-4-5-7-22(20)27-30-3/h4-14,27H,1-3H3,(H,28,29). The first-order chi connectivity index (χ1) is 15.0. The van der Waals surface area contributed by atoms with E-state index in [1.165, 1.54) is 29.6 Å². The molecule has 0 aliphatic rings. The number of aromatic nitrogens is 1. The minimum atomic E-state index is -0.991. The number of hydrogen-bond acceptors (Lipinski definition) is 5. The molecular formula is C25H22N2O3S. The van der Waals surface area contributed by atoms with E-state index < -0.39 is 5.97 Å². The minimum absolute atomic E-state index is 0.214. The lowest BCUT2D eigenvalue weighted by Crippen LogP contribution is -2.03. The van der Waals surface area contributed by atoms with Crippen LogP contribution in [0.15, 0.2) is 66.0 Å². The third-order valence-electron chi connectivity index (χ3n) is 5.09. The summed E-state index contributed by atoms with van der Waals surface area (Å²) in [5, 5.41) is 12.7. The van der Waals surface area contributed by atoms with E-state index in [4.69, 9.17) is 9.82 Å². The molecule has 2 N–H and O–H groups in total. The van der Waals surface area contributed by atoms with Crippen LogP contribution in [0, 0.1) is 13.8 Å². The summed E-state index contributed by atoms with van der Waals surface area (Å²) in [6.45, 7) is 4.14. The Labute approximate surface area is 184 Å². The van der Waals surface area contributed by atoms with Crippen LogP contribution in [0.2, 0.25) is 0 Å². The van der Waals surface area contributed by atoms with Gasteiger partial charge in [0.15, 0.2) is 0 Å². The van der Waals surface area contributed by atoms with Gasteiger partial charge in [-0.3, -0.25) is 10.3 Å². The van der Waals surface area contributed by atoms with Crippen molar-refractivity contribution >= 4 is 23.0 Å². The van der Waals surface area contributed by atoms with E-state index in [1.54, 1.807) is 6.07 Å². The SMILES string of the molecule is CONc1ccccc1-c1ccc(-c2nc(-c3ccc(C)cc3C)cs2)cc1C(=O)O. The molecule has 1 aromatic heterocycles.